The molecule has 0 aliphatic heterocycles. The third-order valence-electron chi connectivity index (χ3n) is 3.46. The molecule has 0 aliphatic rings. The third kappa shape index (κ3) is 15.2. The molecule has 0 amide bonds. The molecule has 0 radical (unpaired) electrons. The first-order chi connectivity index (χ1) is 9.81. The molecule has 0 heterocycles. The third-order valence-corrected chi connectivity index (χ3v) is 3.46. The molecule has 0 rings (SSSR count). The van der Waals surface area contributed by atoms with E-state index in [0.29, 0.717) is 19.4 Å². The van der Waals surface area contributed by atoms with Gasteiger partial charge in [-0.15, -0.1) is 0 Å². The van der Waals surface area contributed by atoms with Crippen molar-refractivity contribution in [1.82, 2.24) is 0 Å². The van der Waals surface area contributed by atoms with E-state index in [9.17, 15) is 9.59 Å². The number of esters is 1. The fourth-order valence-electron chi connectivity index (χ4n) is 2.17. The van der Waals surface area contributed by atoms with Gasteiger partial charge in [0.05, 0.1) is 6.61 Å². The lowest BCUT2D eigenvalue weighted by Crippen LogP contribution is -2.05. The molecule has 0 aromatic carbocycles. The Hall–Kier alpha value is -0.860. The number of ether oxygens (including phenoxy) is 1. The van der Waals surface area contributed by atoms with Gasteiger partial charge < -0.3 is 9.53 Å². The molecule has 3 heteroatoms. The summed E-state index contributed by atoms with van der Waals surface area (Å²) in [6.07, 6.45) is 14.6. The summed E-state index contributed by atoms with van der Waals surface area (Å²) in [6, 6.07) is 0. The SMILES string of the molecule is CCCCCCCCOC(=O)CCCCCCCC=O. The summed E-state index contributed by atoms with van der Waals surface area (Å²) in [7, 11) is 0. The molecule has 0 saturated heterocycles. The molecular weight excluding hydrogens is 252 g/mol. The zero-order chi connectivity index (χ0) is 14.9. The van der Waals surface area contributed by atoms with E-state index in [4.69, 9.17) is 4.74 Å². The fraction of sp³-hybridized carbons (Fsp3) is 0.882. The molecule has 118 valence electrons. The van der Waals surface area contributed by atoms with Gasteiger partial charge in [0, 0.05) is 12.8 Å². The second kappa shape index (κ2) is 16.2. The van der Waals surface area contributed by atoms with Gasteiger partial charge in [0.1, 0.15) is 6.29 Å². The van der Waals surface area contributed by atoms with Crippen molar-refractivity contribution in [3.8, 4) is 0 Å². The molecular formula is C17H32O3. The van der Waals surface area contributed by atoms with Crippen molar-refractivity contribution >= 4 is 12.3 Å². The van der Waals surface area contributed by atoms with Gasteiger partial charge in [-0.1, -0.05) is 58.3 Å². The molecule has 0 aliphatic carbocycles. The van der Waals surface area contributed by atoms with Crippen molar-refractivity contribution in [3.63, 3.8) is 0 Å². The van der Waals surface area contributed by atoms with E-state index in [0.717, 1.165) is 44.8 Å². The Balaban J connectivity index is 3.14. The van der Waals surface area contributed by atoms with Crippen molar-refractivity contribution < 1.29 is 14.3 Å². The largest absolute Gasteiger partial charge is 0.466 e. The predicted molar refractivity (Wildman–Crippen MR) is 82.7 cm³/mol. The average Bonchev–Trinajstić information content (AvgIpc) is 2.45. The van der Waals surface area contributed by atoms with E-state index < -0.39 is 0 Å². The Morgan fingerprint density at radius 1 is 0.850 bits per heavy atom. The molecule has 0 spiro atoms. The average molecular weight is 284 g/mol. The molecule has 0 saturated carbocycles. The van der Waals surface area contributed by atoms with Crippen LogP contribution in [0.3, 0.4) is 0 Å². The van der Waals surface area contributed by atoms with E-state index in [2.05, 4.69) is 6.92 Å². The zero-order valence-electron chi connectivity index (χ0n) is 13.2. The number of hydrogen-bond acceptors (Lipinski definition) is 3. The molecule has 0 fully saturated rings. The normalized spacial score (nSPS) is 10.4. The van der Waals surface area contributed by atoms with Crippen LogP contribution in [0.15, 0.2) is 0 Å². The second-order valence-corrected chi connectivity index (χ2v) is 5.46. The summed E-state index contributed by atoms with van der Waals surface area (Å²) in [4.78, 5) is 21.6. The molecule has 3 nitrogen and oxygen atoms in total. The first kappa shape index (κ1) is 19.1. The minimum Gasteiger partial charge on any atom is -0.466 e. The Labute approximate surface area is 124 Å². The Morgan fingerprint density at radius 2 is 1.45 bits per heavy atom. The summed E-state index contributed by atoms with van der Waals surface area (Å²) < 4.78 is 5.21. The van der Waals surface area contributed by atoms with Gasteiger partial charge in [0.25, 0.3) is 0 Å². The van der Waals surface area contributed by atoms with Crippen LogP contribution in [0.1, 0.15) is 90.4 Å². The van der Waals surface area contributed by atoms with Crippen LogP contribution in [0.2, 0.25) is 0 Å². The van der Waals surface area contributed by atoms with E-state index in [1.165, 1.54) is 32.1 Å². The van der Waals surface area contributed by atoms with Gasteiger partial charge in [-0.2, -0.15) is 0 Å². The van der Waals surface area contributed by atoms with E-state index in [1.807, 2.05) is 0 Å². The summed E-state index contributed by atoms with van der Waals surface area (Å²) >= 11 is 0. The van der Waals surface area contributed by atoms with Crippen molar-refractivity contribution in [2.24, 2.45) is 0 Å². The number of hydrogen-bond donors (Lipinski definition) is 0. The Morgan fingerprint density at radius 3 is 2.15 bits per heavy atom. The van der Waals surface area contributed by atoms with Crippen LogP contribution in [-0.4, -0.2) is 18.9 Å². The topological polar surface area (TPSA) is 43.4 Å². The maximum absolute atomic E-state index is 11.4. The first-order valence-corrected chi connectivity index (χ1v) is 8.40. The standard InChI is InChI=1S/C17H32O3/c1-2-3-4-5-10-13-16-20-17(19)14-11-8-6-7-9-12-15-18/h15H,2-14,16H2,1H3. The Kier molecular flexibility index (Phi) is 15.5. The van der Waals surface area contributed by atoms with Gasteiger partial charge in [-0.25, -0.2) is 0 Å². The van der Waals surface area contributed by atoms with Gasteiger partial charge in [0.15, 0.2) is 0 Å². The highest BCUT2D eigenvalue weighted by Crippen LogP contribution is 2.08. The van der Waals surface area contributed by atoms with Crippen LogP contribution in [-0.2, 0) is 14.3 Å². The number of carbonyl (C=O) groups is 2. The van der Waals surface area contributed by atoms with Crippen LogP contribution in [0.25, 0.3) is 0 Å². The van der Waals surface area contributed by atoms with E-state index >= 15 is 0 Å². The van der Waals surface area contributed by atoms with Crippen molar-refractivity contribution in [3.05, 3.63) is 0 Å². The molecule has 0 N–H and O–H groups in total. The van der Waals surface area contributed by atoms with Crippen LogP contribution in [0, 0.1) is 0 Å². The number of unbranched alkanes of at least 4 members (excludes halogenated alkanes) is 10. The van der Waals surface area contributed by atoms with Gasteiger partial charge in [-0.05, 0) is 19.3 Å². The summed E-state index contributed by atoms with van der Waals surface area (Å²) in [5, 5.41) is 0. The van der Waals surface area contributed by atoms with Gasteiger partial charge in [-0.3, -0.25) is 4.79 Å². The van der Waals surface area contributed by atoms with Crippen LogP contribution in [0.4, 0.5) is 0 Å². The second-order valence-electron chi connectivity index (χ2n) is 5.46. The molecule has 0 atom stereocenters. The summed E-state index contributed by atoms with van der Waals surface area (Å²) in [5.74, 6) is -0.0496. The quantitative estimate of drug-likeness (QED) is 0.246. The molecule has 20 heavy (non-hydrogen) atoms. The fourth-order valence-corrected chi connectivity index (χ4v) is 2.17. The highest BCUT2D eigenvalue weighted by molar-refractivity contribution is 5.69. The van der Waals surface area contributed by atoms with E-state index in [-0.39, 0.29) is 5.97 Å². The van der Waals surface area contributed by atoms with Gasteiger partial charge in [0.2, 0.25) is 0 Å². The van der Waals surface area contributed by atoms with Crippen LogP contribution < -0.4 is 0 Å². The highest BCUT2D eigenvalue weighted by Gasteiger charge is 2.02. The van der Waals surface area contributed by atoms with Gasteiger partial charge >= 0.3 is 5.97 Å². The first-order valence-electron chi connectivity index (χ1n) is 8.40. The van der Waals surface area contributed by atoms with Crippen molar-refractivity contribution in [1.29, 1.82) is 0 Å². The smallest absolute Gasteiger partial charge is 0.305 e. The minimum absolute atomic E-state index is 0.0496. The highest BCUT2D eigenvalue weighted by atomic mass is 16.5. The van der Waals surface area contributed by atoms with Crippen LogP contribution in [0.5, 0.6) is 0 Å². The number of carbonyl (C=O) groups excluding carboxylic acids is 2. The van der Waals surface area contributed by atoms with Crippen molar-refractivity contribution in [2.45, 2.75) is 90.4 Å². The lowest BCUT2D eigenvalue weighted by Gasteiger charge is -2.05. The monoisotopic (exact) mass is 284 g/mol. The Bertz CT molecular complexity index is 226. The minimum atomic E-state index is -0.0496. The summed E-state index contributed by atoms with van der Waals surface area (Å²) in [5.41, 5.74) is 0. The van der Waals surface area contributed by atoms with Crippen LogP contribution >= 0.6 is 0 Å². The van der Waals surface area contributed by atoms with Crippen molar-refractivity contribution in [2.75, 3.05) is 6.61 Å². The van der Waals surface area contributed by atoms with E-state index in [1.54, 1.807) is 0 Å². The lowest BCUT2D eigenvalue weighted by atomic mass is 10.1. The maximum Gasteiger partial charge on any atom is 0.305 e. The zero-order valence-corrected chi connectivity index (χ0v) is 13.2. The molecule has 0 bridgehead atoms. The number of aldehydes is 1. The number of rotatable bonds is 15. The predicted octanol–water partition coefficient (Wildman–Crippen LogP) is 4.82. The summed E-state index contributed by atoms with van der Waals surface area (Å²) in [6.45, 7) is 2.80. The lowest BCUT2D eigenvalue weighted by molar-refractivity contribution is -0.143. The molecule has 0 aromatic rings. The molecule has 0 aromatic heterocycles. The maximum atomic E-state index is 11.4. The molecule has 0 unspecified atom stereocenters.